The lowest BCUT2D eigenvalue weighted by Gasteiger charge is -1.95. The molecule has 80 valence electrons. The van der Waals surface area contributed by atoms with Gasteiger partial charge in [0, 0.05) is 17.7 Å². The second-order valence-corrected chi connectivity index (χ2v) is 2.50. The molecule has 0 saturated carbocycles. The lowest BCUT2D eigenvalue weighted by Crippen LogP contribution is -1.94. The molecule has 0 aliphatic rings. The number of carbonyl (C=O) groups is 2. The summed E-state index contributed by atoms with van der Waals surface area (Å²) in [5.41, 5.74) is -0.814. The lowest BCUT2D eigenvalue weighted by atomic mass is 10.3. The maximum Gasteiger partial charge on any atom is 0.409 e. The molecule has 0 radical (unpaired) electrons. The first-order chi connectivity index (χ1) is 7.06. The minimum Gasteiger partial charge on any atom is -0.478 e. The van der Waals surface area contributed by atoms with Gasteiger partial charge >= 0.3 is 11.4 Å². The molecule has 0 fully saturated rings. The summed E-state index contributed by atoms with van der Waals surface area (Å²) in [5, 5.41) is 7.60. The van der Waals surface area contributed by atoms with Gasteiger partial charge in [-0.3, -0.25) is 0 Å². The van der Waals surface area contributed by atoms with E-state index in [-0.39, 0.29) is 0 Å². The zero-order valence-corrected chi connectivity index (χ0v) is 8.48. The molecule has 15 heavy (non-hydrogen) atoms. The van der Waals surface area contributed by atoms with Crippen LogP contribution in [0, 0.1) is 0 Å². The van der Waals surface area contributed by atoms with Crippen LogP contribution in [-0.4, -0.2) is 16.5 Å². The average Bonchev–Trinajstić information content (AvgIpc) is 2.19. The van der Waals surface area contributed by atoms with Crippen molar-refractivity contribution in [2.24, 2.45) is 0 Å². The second kappa shape index (κ2) is 7.58. The summed E-state index contributed by atoms with van der Waals surface area (Å²) < 4.78 is 4.54. The fraction of sp³-hybridized carbons (Fsp3) is 0. The van der Waals surface area contributed by atoms with Gasteiger partial charge in [-0.05, 0) is 12.1 Å². The molecule has 0 atom stereocenters. The van der Waals surface area contributed by atoms with Crippen molar-refractivity contribution in [3.8, 4) is 5.75 Å². The van der Waals surface area contributed by atoms with Crippen molar-refractivity contribution in [3.63, 3.8) is 0 Å². The molecular weight excluding hydrogens is 220 g/mol. The van der Waals surface area contributed by atoms with Crippen LogP contribution in [0.15, 0.2) is 43.0 Å². The number of para-hydroxylation sites is 1. The van der Waals surface area contributed by atoms with Crippen LogP contribution in [0.25, 0.3) is 0 Å². The standard InChI is InChI=1S/C7H5ClO2.C3H4O2/c8-7(9)10-6-4-2-1-3-5-6;1-2-3(4)5/h1-5H;2H,1H2,(H,4,5). The molecule has 0 heterocycles. The summed E-state index contributed by atoms with van der Waals surface area (Å²) in [5.74, 6) is -0.521. The number of carboxylic acid groups (broad SMARTS) is 1. The van der Waals surface area contributed by atoms with E-state index in [0.29, 0.717) is 5.75 Å². The molecule has 1 rings (SSSR count). The summed E-state index contributed by atoms with van der Waals surface area (Å²) in [6, 6.07) is 8.65. The maximum absolute atomic E-state index is 10.2. The molecule has 5 heteroatoms. The Morgan fingerprint density at radius 3 is 2.13 bits per heavy atom. The largest absolute Gasteiger partial charge is 0.478 e. The van der Waals surface area contributed by atoms with E-state index in [0.717, 1.165) is 6.08 Å². The van der Waals surface area contributed by atoms with Gasteiger partial charge in [0.05, 0.1) is 0 Å². The highest BCUT2D eigenvalue weighted by Gasteiger charge is 1.95. The first-order valence-electron chi connectivity index (χ1n) is 3.84. The van der Waals surface area contributed by atoms with Crippen LogP contribution in [-0.2, 0) is 4.79 Å². The fourth-order valence-corrected chi connectivity index (χ4v) is 0.670. The Hall–Kier alpha value is -1.81. The first-order valence-corrected chi connectivity index (χ1v) is 4.21. The normalized spacial score (nSPS) is 8.07. The van der Waals surface area contributed by atoms with E-state index in [4.69, 9.17) is 16.7 Å². The molecular formula is C10H9ClO4. The van der Waals surface area contributed by atoms with Gasteiger partial charge in [0.25, 0.3) is 0 Å². The summed E-state index contributed by atoms with van der Waals surface area (Å²) in [6.45, 7) is 2.96. The highest BCUT2D eigenvalue weighted by atomic mass is 35.5. The summed E-state index contributed by atoms with van der Waals surface area (Å²) >= 11 is 4.95. The maximum atomic E-state index is 10.2. The molecule has 0 bridgehead atoms. The number of carbonyl (C=O) groups excluding carboxylic acids is 1. The average molecular weight is 229 g/mol. The van der Waals surface area contributed by atoms with Gasteiger partial charge in [-0.15, -0.1) is 0 Å². The highest BCUT2D eigenvalue weighted by molar-refractivity contribution is 6.61. The molecule has 0 spiro atoms. The van der Waals surface area contributed by atoms with Crippen molar-refractivity contribution in [2.45, 2.75) is 0 Å². The van der Waals surface area contributed by atoms with E-state index in [1.165, 1.54) is 0 Å². The van der Waals surface area contributed by atoms with Crippen LogP contribution in [0.1, 0.15) is 0 Å². The number of benzene rings is 1. The third kappa shape index (κ3) is 8.52. The van der Waals surface area contributed by atoms with E-state index in [2.05, 4.69) is 11.3 Å². The molecule has 0 aliphatic heterocycles. The van der Waals surface area contributed by atoms with Crippen LogP contribution in [0.3, 0.4) is 0 Å². The fourth-order valence-electron chi connectivity index (χ4n) is 0.581. The van der Waals surface area contributed by atoms with Crippen molar-refractivity contribution in [1.82, 2.24) is 0 Å². The third-order valence-corrected chi connectivity index (χ3v) is 1.19. The predicted octanol–water partition coefficient (Wildman–Crippen LogP) is 2.68. The second-order valence-electron chi connectivity index (χ2n) is 2.20. The number of rotatable bonds is 2. The van der Waals surface area contributed by atoms with Gasteiger partial charge in [0.1, 0.15) is 5.75 Å². The van der Waals surface area contributed by atoms with Gasteiger partial charge in [0.15, 0.2) is 0 Å². The Labute approximate surface area is 91.7 Å². The van der Waals surface area contributed by atoms with Gasteiger partial charge < -0.3 is 9.84 Å². The molecule has 0 aliphatic carbocycles. The number of hydrogen-bond donors (Lipinski definition) is 1. The molecule has 0 saturated heterocycles. The number of carboxylic acids is 1. The van der Waals surface area contributed by atoms with Gasteiger partial charge in [-0.1, -0.05) is 24.8 Å². The molecule has 0 unspecified atom stereocenters. The zero-order chi connectivity index (χ0) is 11.7. The van der Waals surface area contributed by atoms with Gasteiger partial charge in [-0.25, -0.2) is 9.59 Å². The topological polar surface area (TPSA) is 63.6 Å². The molecule has 4 nitrogen and oxygen atoms in total. The van der Waals surface area contributed by atoms with Crippen LogP contribution in [0.4, 0.5) is 4.79 Å². The number of halogens is 1. The SMILES string of the molecule is C=CC(=O)O.O=C(Cl)Oc1ccccc1. The summed E-state index contributed by atoms with van der Waals surface area (Å²) in [7, 11) is 0. The first kappa shape index (κ1) is 13.2. The monoisotopic (exact) mass is 228 g/mol. The number of aliphatic carboxylic acids is 1. The van der Waals surface area contributed by atoms with Gasteiger partial charge in [0.2, 0.25) is 0 Å². The van der Waals surface area contributed by atoms with Crippen molar-refractivity contribution >= 4 is 23.0 Å². The van der Waals surface area contributed by atoms with E-state index in [1.54, 1.807) is 24.3 Å². The lowest BCUT2D eigenvalue weighted by molar-refractivity contribution is -0.131. The van der Waals surface area contributed by atoms with Crippen molar-refractivity contribution in [1.29, 1.82) is 0 Å². The van der Waals surface area contributed by atoms with Crippen LogP contribution >= 0.6 is 11.6 Å². The minimum absolute atomic E-state index is 0.461. The summed E-state index contributed by atoms with van der Waals surface area (Å²) in [4.78, 5) is 19.4. The Morgan fingerprint density at radius 2 is 1.80 bits per heavy atom. The molecule has 1 aromatic carbocycles. The van der Waals surface area contributed by atoms with E-state index < -0.39 is 11.4 Å². The van der Waals surface area contributed by atoms with E-state index in [9.17, 15) is 9.59 Å². The van der Waals surface area contributed by atoms with Crippen LogP contribution in [0.2, 0.25) is 0 Å². The Balaban J connectivity index is 0.000000336. The predicted molar refractivity (Wildman–Crippen MR) is 56.2 cm³/mol. The Kier molecular flexibility index (Phi) is 6.67. The number of hydrogen-bond acceptors (Lipinski definition) is 3. The van der Waals surface area contributed by atoms with Crippen molar-refractivity contribution in [2.75, 3.05) is 0 Å². The molecule has 1 N–H and O–H groups in total. The van der Waals surface area contributed by atoms with Crippen LogP contribution < -0.4 is 4.74 Å². The molecule has 1 aromatic rings. The molecule has 0 aromatic heterocycles. The Morgan fingerprint density at radius 1 is 1.33 bits per heavy atom. The zero-order valence-electron chi connectivity index (χ0n) is 7.72. The van der Waals surface area contributed by atoms with Crippen molar-refractivity contribution < 1.29 is 19.4 Å². The van der Waals surface area contributed by atoms with E-state index in [1.807, 2.05) is 6.07 Å². The highest BCUT2D eigenvalue weighted by Crippen LogP contribution is 2.09. The van der Waals surface area contributed by atoms with Crippen molar-refractivity contribution in [3.05, 3.63) is 43.0 Å². The van der Waals surface area contributed by atoms with Crippen LogP contribution in [0.5, 0.6) is 5.75 Å². The smallest absolute Gasteiger partial charge is 0.409 e. The Bertz CT molecular complexity index is 335. The van der Waals surface area contributed by atoms with E-state index >= 15 is 0 Å². The van der Waals surface area contributed by atoms with Gasteiger partial charge in [-0.2, -0.15) is 0 Å². The minimum atomic E-state index is -0.981. The number of ether oxygens (including phenoxy) is 1. The molecule has 0 amide bonds. The summed E-state index contributed by atoms with van der Waals surface area (Å²) in [6.07, 6.45) is 0.833. The third-order valence-electron chi connectivity index (χ3n) is 1.12. The quantitative estimate of drug-likeness (QED) is 0.624.